The van der Waals surface area contributed by atoms with Gasteiger partial charge >= 0.3 is 0 Å². The van der Waals surface area contributed by atoms with Gasteiger partial charge in [-0.25, -0.2) is 4.68 Å². The molecular formula is C10H15N3O2. The van der Waals surface area contributed by atoms with E-state index in [9.17, 15) is 0 Å². The first-order chi connectivity index (χ1) is 7.36. The topological polar surface area (TPSA) is 62.3 Å². The number of hydrogen-bond donors (Lipinski definition) is 1. The van der Waals surface area contributed by atoms with Crippen LogP contribution in [0, 0.1) is 0 Å². The normalized spacial score (nSPS) is 25.5. The van der Waals surface area contributed by atoms with Crippen LogP contribution in [-0.2, 0) is 22.5 Å². The molecule has 0 aliphatic carbocycles. The highest BCUT2D eigenvalue weighted by Gasteiger charge is 2.25. The first-order valence-corrected chi connectivity index (χ1v) is 5.37. The molecule has 2 aliphatic rings. The fourth-order valence-corrected chi connectivity index (χ4v) is 2.26. The largest absolute Gasteiger partial charge is 0.384 e. The molecule has 0 radical (unpaired) electrons. The van der Waals surface area contributed by atoms with Crippen molar-refractivity contribution in [2.24, 2.45) is 0 Å². The first-order valence-electron chi connectivity index (χ1n) is 5.37. The van der Waals surface area contributed by atoms with E-state index in [2.05, 4.69) is 5.10 Å². The zero-order valence-corrected chi connectivity index (χ0v) is 8.61. The lowest BCUT2D eigenvalue weighted by atomic mass is 10.1. The van der Waals surface area contributed by atoms with Crippen LogP contribution in [0.2, 0.25) is 0 Å². The van der Waals surface area contributed by atoms with E-state index in [1.54, 1.807) is 0 Å². The predicted molar refractivity (Wildman–Crippen MR) is 54.5 cm³/mol. The molecule has 0 spiro atoms. The third-order valence-electron chi connectivity index (χ3n) is 3.12. The quantitative estimate of drug-likeness (QED) is 0.731. The van der Waals surface area contributed by atoms with Gasteiger partial charge in [-0.15, -0.1) is 0 Å². The van der Waals surface area contributed by atoms with Crippen molar-refractivity contribution in [3.8, 4) is 0 Å². The molecule has 2 N–H and O–H groups in total. The molecule has 3 heterocycles. The van der Waals surface area contributed by atoms with Gasteiger partial charge in [-0.1, -0.05) is 0 Å². The van der Waals surface area contributed by atoms with Gasteiger partial charge in [0.05, 0.1) is 31.6 Å². The van der Waals surface area contributed by atoms with Crippen molar-refractivity contribution in [1.82, 2.24) is 9.78 Å². The lowest BCUT2D eigenvalue weighted by Gasteiger charge is -2.11. The van der Waals surface area contributed by atoms with Gasteiger partial charge in [-0.3, -0.25) is 0 Å². The van der Waals surface area contributed by atoms with Gasteiger partial charge in [0.25, 0.3) is 0 Å². The number of rotatable bonds is 1. The summed E-state index contributed by atoms with van der Waals surface area (Å²) in [5, 5.41) is 4.52. The van der Waals surface area contributed by atoms with E-state index in [0.717, 1.165) is 44.2 Å². The van der Waals surface area contributed by atoms with E-state index in [4.69, 9.17) is 15.2 Å². The van der Waals surface area contributed by atoms with Crippen LogP contribution < -0.4 is 5.73 Å². The van der Waals surface area contributed by atoms with E-state index in [1.807, 2.05) is 4.68 Å². The van der Waals surface area contributed by atoms with Crippen molar-refractivity contribution in [1.29, 1.82) is 0 Å². The van der Waals surface area contributed by atoms with E-state index < -0.39 is 0 Å². The van der Waals surface area contributed by atoms with Crippen molar-refractivity contribution in [3.63, 3.8) is 0 Å². The molecule has 1 saturated heterocycles. The Morgan fingerprint density at radius 1 is 1.33 bits per heavy atom. The fraction of sp³-hybridized carbons (Fsp3) is 0.700. The fourth-order valence-electron chi connectivity index (χ4n) is 2.26. The maximum Gasteiger partial charge on any atom is 0.125 e. The van der Waals surface area contributed by atoms with Crippen LogP contribution in [0.5, 0.6) is 0 Å². The summed E-state index contributed by atoms with van der Waals surface area (Å²) < 4.78 is 12.6. The summed E-state index contributed by atoms with van der Waals surface area (Å²) in [7, 11) is 0. The maximum absolute atomic E-state index is 6.09. The number of nitrogens with two attached hydrogens (primary N) is 1. The SMILES string of the molecule is Nc1c2c(nn1C1CCOC1)COCC2. The van der Waals surface area contributed by atoms with Crippen LogP contribution in [-0.4, -0.2) is 29.6 Å². The second-order valence-electron chi connectivity index (χ2n) is 4.08. The van der Waals surface area contributed by atoms with Crippen molar-refractivity contribution in [2.75, 3.05) is 25.6 Å². The number of nitrogen functional groups attached to an aromatic ring is 1. The van der Waals surface area contributed by atoms with Gasteiger partial charge in [0.15, 0.2) is 0 Å². The molecule has 15 heavy (non-hydrogen) atoms. The Labute approximate surface area is 88.1 Å². The van der Waals surface area contributed by atoms with E-state index in [1.165, 1.54) is 5.56 Å². The molecule has 1 fully saturated rings. The van der Waals surface area contributed by atoms with Gasteiger partial charge in [0.1, 0.15) is 5.82 Å². The molecule has 1 unspecified atom stereocenters. The standard InChI is InChI=1S/C10H15N3O2/c11-10-8-2-4-15-6-9(8)12-13(10)7-1-3-14-5-7/h7H,1-6,11H2. The number of ether oxygens (including phenoxy) is 2. The van der Waals surface area contributed by atoms with Crippen LogP contribution in [0.25, 0.3) is 0 Å². The number of hydrogen-bond acceptors (Lipinski definition) is 4. The van der Waals surface area contributed by atoms with Gasteiger partial charge in [0, 0.05) is 18.6 Å². The lowest BCUT2D eigenvalue weighted by molar-refractivity contribution is 0.108. The Balaban J connectivity index is 1.97. The van der Waals surface area contributed by atoms with Crippen LogP contribution in [0.3, 0.4) is 0 Å². The lowest BCUT2D eigenvalue weighted by Crippen LogP contribution is -2.13. The molecule has 0 saturated carbocycles. The molecule has 1 aromatic heterocycles. The third kappa shape index (κ3) is 1.42. The molecule has 1 aromatic rings. The smallest absolute Gasteiger partial charge is 0.125 e. The van der Waals surface area contributed by atoms with Crippen LogP contribution in [0.4, 0.5) is 5.82 Å². The molecule has 1 atom stereocenters. The molecule has 3 rings (SSSR count). The summed E-state index contributed by atoms with van der Waals surface area (Å²) in [6.07, 6.45) is 1.89. The summed E-state index contributed by atoms with van der Waals surface area (Å²) in [4.78, 5) is 0. The molecule has 0 amide bonds. The van der Waals surface area contributed by atoms with Crippen molar-refractivity contribution in [3.05, 3.63) is 11.3 Å². The maximum atomic E-state index is 6.09. The third-order valence-corrected chi connectivity index (χ3v) is 3.12. The average molecular weight is 209 g/mol. The van der Waals surface area contributed by atoms with Crippen molar-refractivity contribution in [2.45, 2.75) is 25.5 Å². The summed E-state index contributed by atoms with van der Waals surface area (Å²) >= 11 is 0. The molecule has 82 valence electrons. The highest BCUT2D eigenvalue weighted by molar-refractivity contribution is 5.44. The predicted octanol–water partition coefficient (Wildman–Crippen LogP) is 0.499. The zero-order chi connectivity index (χ0) is 10.3. The number of fused-ring (bicyclic) bond motifs is 1. The van der Waals surface area contributed by atoms with E-state index >= 15 is 0 Å². The van der Waals surface area contributed by atoms with E-state index in [0.29, 0.717) is 12.6 Å². The highest BCUT2D eigenvalue weighted by Crippen LogP contribution is 2.28. The average Bonchev–Trinajstić information content (AvgIpc) is 2.87. The monoisotopic (exact) mass is 209 g/mol. The number of nitrogens with zero attached hydrogens (tertiary/aromatic N) is 2. The Kier molecular flexibility index (Phi) is 2.14. The summed E-state index contributed by atoms with van der Waals surface area (Å²) in [5.74, 6) is 0.809. The minimum atomic E-state index is 0.315. The van der Waals surface area contributed by atoms with Crippen molar-refractivity contribution < 1.29 is 9.47 Å². The van der Waals surface area contributed by atoms with Gasteiger partial charge in [-0.05, 0) is 6.42 Å². The number of aromatic nitrogens is 2. The Morgan fingerprint density at radius 3 is 3.00 bits per heavy atom. The second-order valence-corrected chi connectivity index (χ2v) is 4.08. The van der Waals surface area contributed by atoms with Crippen LogP contribution in [0.15, 0.2) is 0 Å². The van der Waals surface area contributed by atoms with Crippen LogP contribution in [0.1, 0.15) is 23.7 Å². The summed E-state index contributed by atoms with van der Waals surface area (Å²) in [6.45, 7) is 2.89. The molecule has 5 heteroatoms. The summed E-state index contributed by atoms with van der Waals surface area (Å²) in [6, 6.07) is 0.315. The van der Waals surface area contributed by atoms with Crippen molar-refractivity contribution >= 4 is 5.82 Å². The molecular weight excluding hydrogens is 194 g/mol. The second kappa shape index (κ2) is 3.50. The first kappa shape index (κ1) is 9.18. The van der Waals surface area contributed by atoms with E-state index in [-0.39, 0.29) is 0 Å². The van der Waals surface area contributed by atoms with Gasteiger partial charge in [-0.2, -0.15) is 5.10 Å². The van der Waals surface area contributed by atoms with Crippen LogP contribution >= 0.6 is 0 Å². The molecule has 2 aliphatic heterocycles. The minimum absolute atomic E-state index is 0.315. The highest BCUT2D eigenvalue weighted by atomic mass is 16.5. The van der Waals surface area contributed by atoms with Gasteiger partial charge in [0.2, 0.25) is 0 Å². The zero-order valence-electron chi connectivity index (χ0n) is 8.61. The Hall–Kier alpha value is -1.07. The van der Waals surface area contributed by atoms with Gasteiger partial charge < -0.3 is 15.2 Å². The Bertz CT molecular complexity index is 369. The number of anilines is 1. The minimum Gasteiger partial charge on any atom is -0.384 e. The molecule has 0 aromatic carbocycles. The molecule has 0 bridgehead atoms. The Morgan fingerprint density at radius 2 is 2.27 bits per heavy atom. The molecule has 5 nitrogen and oxygen atoms in total. The summed E-state index contributed by atoms with van der Waals surface area (Å²) in [5.41, 5.74) is 8.27.